The normalized spacial score (nSPS) is 11.8. The zero-order chi connectivity index (χ0) is 20.1. The maximum absolute atomic E-state index is 12.4. The number of aryl methyl sites for hydroxylation is 1. The molecule has 144 valence electrons. The average molecular weight is 379 g/mol. The number of hydrogen-bond acceptors (Lipinski definition) is 5. The number of aromatic nitrogens is 2. The van der Waals surface area contributed by atoms with Gasteiger partial charge in [0, 0.05) is 5.39 Å². The fourth-order valence-corrected chi connectivity index (χ4v) is 2.93. The quantitative estimate of drug-likeness (QED) is 0.641. The molecule has 2 N–H and O–H groups in total. The lowest BCUT2D eigenvalue weighted by atomic mass is 10.0. The van der Waals surface area contributed by atoms with Crippen LogP contribution in [0.15, 0.2) is 53.3 Å². The summed E-state index contributed by atoms with van der Waals surface area (Å²) in [5, 5.41) is 9.62. The highest BCUT2D eigenvalue weighted by Gasteiger charge is 2.18. The summed E-state index contributed by atoms with van der Waals surface area (Å²) in [6.45, 7) is 3.53. The Labute approximate surface area is 161 Å². The van der Waals surface area contributed by atoms with Gasteiger partial charge in [-0.05, 0) is 25.0 Å². The minimum absolute atomic E-state index is 0.0337. The second-order valence-electron chi connectivity index (χ2n) is 6.46. The Morgan fingerprint density at radius 1 is 1.11 bits per heavy atom. The molecule has 0 spiro atoms. The van der Waals surface area contributed by atoms with Crippen LogP contribution in [0.2, 0.25) is 0 Å². The number of esters is 1. The number of aromatic amines is 1. The van der Waals surface area contributed by atoms with Crippen molar-refractivity contribution in [3.63, 3.8) is 0 Å². The van der Waals surface area contributed by atoms with Crippen LogP contribution in [0.5, 0.6) is 0 Å². The second-order valence-corrected chi connectivity index (χ2v) is 6.46. The van der Waals surface area contributed by atoms with Crippen LogP contribution in [0.3, 0.4) is 0 Å². The Hall–Kier alpha value is -3.48. The van der Waals surface area contributed by atoms with Crippen LogP contribution in [0.25, 0.3) is 10.8 Å². The zero-order valence-electron chi connectivity index (χ0n) is 15.7. The van der Waals surface area contributed by atoms with Crippen molar-refractivity contribution < 1.29 is 14.3 Å². The maximum Gasteiger partial charge on any atom is 0.359 e. The first-order chi connectivity index (χ1) is 13.5. The smallest absolute Gasteiger partial charge is 0.359 e. The van der Waals surface area contributed by atoms with Gasteiger partial charge in [-0.1, -0.05) is 55.0 Å². The van der Waals surface area contributed by atoms with E-state index in [0.29, 0.717) is 17.2 Å². The van der Waals surface area contributed by atoms with Crippen LogP contribution in [-0.2, 0) is 9.53 Å². The Morgan fingerprint density at radius 3 is 2.46 bits per heavy atom. The molecule has 0 bridgehead atoms. The van der Waals surface area contributed by atoms with E-state index in [4.69, 9.17) is 4.74 Å². The standard InChI is InChI=1S/C21H21N3O4/c1-3-17(14-10-8-13(2)9-11-14)22-18(25)12-28-21(27)19-15-6-4-5-7-16(15)20(26)24-23-19/h4-11,17H,3,12H2,1-2H3,(H,22,25)(H,24,26)/t17-/m0/s1. The maximum atomic E-state index is 12.4. The Morgan fingerprint density at radius 2 is 1.79 bits per heavy atom. The van der Waals surface area contributed by atoms with Crippen molar-refractivity contribution in [2.75, 3.05) is 6.61 Å². The number of H-pyrrole nitrogens is 1. The molecule has 1 heterocycles. The van der Waals surface area contributed by atoms with Crippen molar-refractivity contribution in [3.8, 4) is 0 Å². The first kappa shape index (κ1) is 19.3. The van der Waals surface area contributed by atoms with E-state index in [2.05, 4.69) is 15.5 Å². The third-order valence-electron chi connectivity index (χ3n) is 4.45. The van der Waals surface area contributed by atoms with E-state index < -0.39 is 24.0 Å². The molecule has 2 aromatic carbocycles. The van der Waals surface area contributed by atoms with Crippen molar-refractivity contribution in [1.82, 2.24) is 15.5 Å². The van der Waals surface area contributed by atoms with Crippen LogP contribution in [0.1, 0.15) is 41.0 Å². The number of rotatable bonds is 6. The first-order valence-electron chi connectivity index (χ1n) is 9.00. The number of fused-ring (bicyclic) bond motifs is 1. The van der Waals surface area contributed by atoms with E-state index in [1.54, 1.807) is 24.3 Å². The van der Waals surface area contributed by atoms with Gasteiger partial charge in [0.1, 0.15) is 0 Å². The highest BCUT2D eigenvalue weighted by atomic mass is 16.5. The highest BCUT2D eigenvalue weighted by molar-refractivity contribution is 6.02. The van der Waals surface area contributed by atoms with Gasteiger partial charge in [-0.15, -0.1) is 0 Å². The van der Waals surface area contributed by atoms with E-state index in [1.165, 1.54) is 0 Å². The predicted molar refractivity (Wildman–Crippen MR) is 105 cm³/mol. The summed E-state index contributed by atoms with van der Waals surface area (Å²) < 4.78 is 5.10. The molecular weight excluding hydrogens is 358 g/mol. The first-order valence-corrected chi connectivity index (χ1v) is 9.00. The number of benzene rings is 2. The van der Waals surface area contributed by atoms with Crippen molar-refractivity contribution in [2.45, 2.75) is 26.3 Å². The van der Waals surface area contributed by atoms with E-state index in [9.17, 15) is 14.4 Å². The van der Waals surface area contributed by atoms with Gasteiger partial charge in [0.2, 0.25) is 0 Å². The molecule has 28 heavy (non-hydrogen) atoms. The predicted octanol–water partition coefficient (Wildman–Crippen LogP) is 2.66. The van der Waals surface area contributed by atoms with Gasteiger partial charge in [-0.25, -0.2) is 9.89 Å². The Bertz CT molecular complexity index is 1060. The van der Waals surface area contributed by atoms with Gasteiger partial charge in [0.25, 0.3) is 11.5 Å². The molecule has 3 aromatic rings. The molecule has 1 atom stereocenters. The molecular formula is C21H21N3O4. The van der Waals surface area contributed by atoms with Gasteiger partial charge in [-0.2, -0.15) is 5.10 Å². The summed E-state index contributed by atoms with van der Waals surface area (Å²) in [4.78, 5) is 36.4. The summed E-state index contributed by atoms with van der Waals surface area (Å²) in [7, 11) is 0. The lowest BCUT2D eigenvalue weighted by Gasteiger charge is -2.17. The van der Waals surface area contributed by atoms with Crippen molar-refractivity contribution in [1.29, 1.82) is 0 Å². The number of nitrogens with zero attached hydrogens (tertiary/aromatic N) is 1. The Kier molecular flexibility index (Phi) is 5.84. The van der Waals surface area contributed by atoms with Crippen LogP contribution < -0.4 is 10.9 Å². The van der Waals surface area contributed by atoms with Crippen molar-refractivity contribution in [3.05, 3.63) is 75.7 Å². The Balaban J connectivity index is 1.66. The van der Waals surface area contributed by atoms with Crippen LogP contribution in [-0.4, -0.2) is 28.7 Å². The molecule has 7 nitrogen and oxygen atoms in total. The van der Waals surface area contributed by atoms with Crippen LogP contribution in [0, 0.1) is 6.92 Å². The topological polar surface area (TPSA) is 101 Å². The van der Waals surface area contributed by atoms with E-state index in [0.717, 1.165) is 11.1 Å². The SMILES string of the molecule is CC[C@H](NC(=O)COC(=O)c1n[nH]c(=O)c2ccccc12)c1ccc(C)cc1. The fraction of sp³-hybridized carbons (Fsp3) is 0.238. The number of nitrogens with one attached hydrogen (secondary N) is 2. The van der Waals surface area contributed by atoms with Gasteiger partial charge in [-0.3, -0.25) is 9.59 Å². The molecule has 0 unspecified atom stereocenters. The zero-order valence-corrected chi connectivity index (χ0v) is 15.7. The van der Waals surface area contributed by atoms with Crippen LogP contribution >= 0.6 is 0 Å². The number of amides is 1. The fourth-order valence-electron chi connectivity index (χ4n) is 2.93. The largest absolute Gasteiger partial charge is 0.451 e. The minimum Gasteiger partial charge on any atom is -0.451 e. The molecule has 1 amide bonds. The molecule has 0 fully saturated rings. The number of hydrogen-bond donors (Lipinski definition) is 2. The number of ether oxygens (including phenoxy) is 1. The van der Waals surface area contributed by atoms with Gasteiger partial charge in [0.05, 0.1) is 11.4 Å². The molecule has 0 aliphatic carbocycles. The average Bonchev–Trinajstić information content (AvgIpc) is 2.71. The monoisotopic (exact) mass is 379 g/mol. The van der Waals surface area contributed by atoms with E-state index >= 15 is 0 Å². The molecule has 0 radical (unpaired) electrons. The molecule has 0 saturated heterocycles. The van der Waals surface area contributed by atoms with E-state index in [-0.39, 0.29) is 11.7 Å². The molecule has 3 rings (SSSR count). The lowest BCUT2D eigenvalue weighted by Crippen LogP contribution is -2.32. The van der Waals surface area contributed by atoms with Gasteiger partial charge < -0.3 is 10.1 Å². The summed E-state index contributed by atoms with van der Waals surface area (Å²) in [5.41, 5.74) is 1.70. The summed E-state index contributed by atoms with van der Waals surface area (Å²) >= 11 is 0. The highest BCUT2D eigenvalue weighted by Crippen LogP contribution is 2.17. The lowest BCUT2D eigenvalue weighted by molar-refractivity contribution is -0.125. The number of carbonyl (C=O) groups is 2. The summed E-state index contributed by atoms with van der Waals surface area (Å²) in [6.07, 6.45) is 0.703. The third kappa shape index (κ3) is 4.25. The minimum atomic E-state index is -0.772. The summed E-state index contributed by atoms with van der Waals surface area (Å²) in [6, 6.07) is 14.3. The number of carbonyl (C=O) groups excluding carboxylic acids is 2. The third-order valence-corrected chi connectivity index (χ3v) is 4.45. The molecule has 0 aliphatic heterocycles. The van der Waals surface area contributed by atoms with Crippen molar-refractivity contribution in [2.24, 2.45) is 0 Å². The van der Waals surface area contributed by atoms with E-state index in [1.807, 2.05) is 38.1 Å². The van der Waals surface area contributed by atoms with Gasteiger partial charge in [0.15, 0.2) is 12.3 Å². The van der Waals surface area contributed by atoms with Crippen molar-refractivity contribution >= 4 is 22.6 Å². The van der Waals surface area contributed by atoms with Crippen LogP contribution in [0.4, 0.5) is 0 Å². The molecule has 7 heteroatoms. The van der Waals surface area contributed by atoms with Gasteiger partial charge >= 0.3 is 5.97 Å². The molecule has 0 saturated carbocycles. The summed E-state index contributed by atoms with van der Waals surface area (Å²) in [5.74, 6) is -1.18. The second kappa shape index (κ2) is 8.47. The molecule has 0 aliphatic rings. The molecule has 1 aromatic heterocycles.